The standard InChI is InChI=1S/C17H22N4/c1-2-20(14-15-8-4-3-5-9-15)17-18-11-10-16(19-17)21-12-6-7-13-21/h3-5,8-11H,2,6-7,12-14H2,1H3. The van der Waals surface area contributed by atoms with Crippen LogP contribution in [0.1, 0.15) is 25.3 Å². The fraction of sp³-hybridized carbons (Fsp3) is 0.412. The molecular weight excluding hydrogens is 260 g/mol. The number of anilines is 2. The predicted octanol–water partition coefficient (Wildman–Crippen LogP) is 3.10. The van der Waals surface area contributed by atoms with Crippen LogP contribution in [0, 0.1) is 0 Å². The summed E-state index contributed by atoms with van der Waals surface area (Å²) < 4.78 is 0. The number of benzene rings is 1. The Bertz CT molecular complexity index is 564. The van der Waals surface area contributed by atoms with Crippen molar-refractivity contribution in [2.24, 2.45) is 0 Å². The van der Waals surface area contributed by atoms with Gasteiger partial charge in [-0.2, -0.15) is 4.98 Å². The van der Waals surface area contributed by atoms with Crippen molar-refractivity contribution < 1.29 is 0 Å². The minimum absolute atomic E-state index is 0.825. The van der Waals surface area contributed by atoms with Crippen LogP contribution in [0.4, 0.5) is 11.8 Å². The van der Waals surface area contributed by atoms with E-state index in [1.165, 1.54) is 18.4 Å². The maximum absolute atomic E-state index is 4.76. The van der Waals surface area contributed by atoms with E-state index in [0.717, 1.165) is 37.9 Å². The van der Waals surface area contributed by atoms with Crippen molar-refractivity contribution in [3.05, 3.63) is 48.2 Å². The summed E-state index contributed by atoms with van der Waals surface area (Å²) in [5, 5.41) is 0. The van der Waals surface area contributed by atoms with Crippen LogP contribution in [0.5, 0.6) is 0 Å². The van der Waals surface area contributed by atoms with Crippen LogP contribution in [0.2, 0.25) is 0 Å². The van der Waals surface area contributed by atoms with Crippen molar-refractivity contribution in [3.8, 4) is 0 Å². The summed E-state index contributed by atoms with van der Waals surface area (Å²) in [6.07, 6.45) is 4.41. The Morgan fingerprint density at radius 1 is 1.10 bits per heavy atom. The molecule has 0 N–H and O–H groups in total. The summed E-state index contributed by atoms with van der Waals surface area (Å²) in [6.45, 7) is 6.12. The Morgan fingerprint density at radius 2 is 1.86 bits per heavy atom. The number of nitrogens with zero attached hydrogens (tertiary/aromatic N) is 4. The molecule has 0 spiro atoms. The molecule has 0 unspecified atom stereocenters. The summed E-state index contributed by atoms with van der Waals surface area (Å²) in [4.78, 5) is 13.8. The Morgan fingerprint density at radius 3 is 2.57 bits per heavy atom. The minimum atomic E-state index is 0.825. The zero-order valence-corrected chi connectivity index (χ0v) is 12.6. The molecule has 4 nitrogen and oxygen atoms in total. The van der Waals surface area contributed by atoms with E-state index in [4.69, 9.17) is 4.98 Å². The van der Waals surface area contributed by atoms with Crippen molar-refractivity contribution in [1.29, 1.82) is 0 Å². The third-order valence-corrected chi connectivity index (χ3v) is 3.94. The van der Waals surface area contributed by atoms with Gasteiger partial charge in [0.25, 0.3) is 0 Å². The number of hydrogen-bond acceptors (Lipinski definition) is 4. The normalized spacial score (nSPS) is 14.4. The first-order valence-corrected chi connectivity index (χ1v) is 7.73. The minimum Gasteiger partial charge on any atom is -0.356 e. The number of aromatic nitrogens is 2. The topological polar surface area (TPSA) is 32.3 Å². The molecule has 0 saturated carbocycles. The molecule has 3 rings (SSSR count). The molecule has 1 aliphatic heterocycles. The van der Waals surface area contributed by atoms with E-state index in [1.54, 1.807) is 0 Å². The van der Waals surface area contributed by atoms with Crippen molar-refractivity contribution >= 4 is 11.8 Å². The van der Waals surface area contributed by atoms with Crippen LogP contribution >= 0.6 is 0 Å². The molecule has 21 heavy (non-hydrogen) atoms. The first kappa shape index (κ1) is 13.9. The summed E-state index contributed by atoms with van der Waals surface area (Å²) in [7, 11) is 0. The molecule has 1 fully saturated rings. The van der Waals surface area contributed by atoms with Gasteiger partial charge in [-0.15, -0.1) is 0 Å². The third kappa shape index (κ3) is 3.32. The highest BCUT2D eigenvalue weighted by atomic mass is 15.3. The second-order valence-electron chi connectivity index (χ2n) is 5.41. The van der Waals surface area contributed by atoms with Gasteiger partial charge in [0, 0.05) is 32.4 Å². The molecule has 1 aliphatic rings. The van der Waals surface area contributed by atoms with E-state index >= 15 is 0 Å². The van der Waals surface area contributed by atoms with Crippen LogP contribution < -0.4 is 9.80 Å². The van der Waals surface area contributed by atoms with Gasteiger partial charge in [-0.25, -0.2) is 4.98 Å². The van der Waals surface area contributed by atoms with E-state index in [2.05, 4.69) is 46.0 Å². The number of rotatable bonds is 5. The van der Waals surface area contributed by atoms with E-state index in [9.17, 15) is 0 Å². The lowest BCUT2D eigenvalue weighted by molar-refractivity contribution is 0.786. The highest BCUT2D eigenvalue weighted by Crippen LogP contribution is 2.20. The van der Waals surface area contributed by atoms with Gasteiger partial charge in [0.1, 0.15) is 5.82 Å². The van der Waals surface area contributed by atoms with E-state index in [1.807, 2.05) is 18.3 Å². The maximum Gasteiger partial charge on any atom is 0.227 e. The van der Waals surface area contributed by atoms with Crippen LogP contribution in [0.15, 0.2) is 42.6 Å². The molecule has 0 radical (unpaired) electrons. The Labute approximate surface area is 126 Å². The Balaban J connectivity index is 1.78. The molecule has 4 heteroatoms. The zero-order valence-electron chi connectivity index (χ0n) is 12.6. The highest BCUT2D eigenvalue weighted by molar-refractivity contribution is 5.44. The molecule has 1 aromatic carbocycles. The van der Waals surface area contributed by atoms with Gasteiger partial charge in [0.2, 0.25) is 5.95 Å². The summed E-state index contributed by atoms with van der Waals surface area (Å²) in [5.41, 5.74) is 1.29. The maximum atomic E-state index is 4.76. The Hall–Kier alpha value is -2.10. The van der Waals surface area contributed by atoms with Gasteiger partial charge in [-0.1, -0.05) is 30.3 Å². The summed E-state index contributed by atoms with van der Waals surface area (Å²) in [5.74, 6) is 1.88. The fourth-order valence-corrected chi connectivity index (χ4v) is 2.74. The Kier molecular flexibility index (Phi) is 4.34. The molecule has 0 aliphatic carbocycles. The quantitative estimate of drug-likeness (QED) is 0.843. The van der Waals surface area contributed by atoms with E-state index in [0.29, 0.717) is 0 Å². The van der Waals surface area contributed by atoms with Gasteiger partial charge in [-0.05, 0) is 31.4 Å². The molecule has 110 valence electrons. The third-order valence-electron chi connectivity index (χ3n) is 3.94. The monoisotopic (exact) mass is 282 g/mol. The largest absolute Gasteiger partial charge is 0.356 e. The van der Waals surface area contributed by atoms with Crippen LogP contribution in [-0.4, -0.2) is 29.6 Å². The van der Waals surface area contributed by atoms with Gasteiger partial charge >= 0.3 is 0 Å². The van der Waals surface area contributed by atoms with Crippen molar-refractivity contribution in [3.63, 3.8) is 0 Å². The molecule has 2 aromatic rings. The van der Waals surface area contributed by atoms with Gasteiger partial charge in [0.05, 0.1) is 0 Å². The summed E-state index contributed by atoms with van der Waals surface area (Å²) in [6, 6.07) is 12.5. The molecular formula is C17H22N4. The van der Waals surface area contributed by atoms with Crippen LogP contribution in [0.3, 0.4) is 0 Å². The van der Waals surface area contributed by atoms with Gasteiger partial charge in [-0.3, -0.25) is 0 Å². The van der Waals surface area contributed by atoms with E-state index in [-0.39, 0.29) is 0 Å². The average molecular weight is 282 g/mol. The van der Waals surface area contributed by atoms with Gasteiger partial charge in [0.15, 0.2) is 0 Å². The first-order chi connectivity index (χ1) is 10.4. The second kappa shape index (κ2) is 6.57. The fourth-order valence-electron chi connectivity index (χ4n) is 2.74. The molecule has 0 bridgehead atoms. The first-order valence-electron chi connectivity index (χ1n) is 7.73. The lowest BCUT2D eigenvalue weighted by Gasteiger charge is -2.23. The molecule has 0 amide bonds. The van der Waals surface area contributed by atoms with Crippen LogP contribution in [0.25, 0.3) is 0 Å². The smallest absolute Gasteiger partial charge is 0.227 e. The molecule has 2 heterocycles. The molecule has 1 aromatic heterocycles. The second-order valence-corrected chi connectivity index (χ2v) is 5.41. The zero-order chi connectivity index (χ0) is 14.5. The van der Waals surface area contributed by atoms with E-state index < -0.39 is 0 Å². The highest BCUT2D eigenvalue weighted by Gasteiger charge is 2.15. The van der Waals surface area contributed by atoms with Crippen LogP contribution in [-0.2, 0) is 6.54 Å². The SMILES string of the molecule is CCN(Cc1ccccc1)c1nccc(N2CCCC2)n1. The van der Waals surface area contributed by atoms with Gasteiger partial charge < -0.3 is 9.80 Å². The van der Waals surface area contributed by atoms with Crippen molar-refractivity contribution in [2.75, 3.05) is 29.4 Å². The number of hydrogen-bond donors (Lipinski definition) is 0. The lowest BCUT2D eigenvalue weighted by atomic mass is 10.2. The van der Waals surface area contributed by atoms with Crippen molar-refractivity contribution in [2.45, 2.75) is 26.3 Å². The van der Waals surface area contributed by atoms with Crippen molar-refractivity contribution in [1.82, 2.24) is 9.97 Å². The lowest BCUT2D eigenvalue weighted by Crippen LogP contribution is -2.26. The summed E-state index contributed by atoms with van der Waals surface area (Å²) >= 11 is 0. The predicted molar refractivity (Wildman–Crippen MR) is 86.6 cm³/mol. The molecule has 1 saturated heterocycles. The average Bonchev–Trinajstić information content (AvgIpc) is 3.08. The molecule has 0 atom stereocenters.